The quantitative estimate of drug-likeness (QED) is 0.784. The summed E-state index contributed by atoms with van der Waals surface area (Å²) in [6, 6.07) is 0. The summed E-state index contributed by atoms with van der Waals surface area (Å²) >= 11 is 1.56. The fourth-order valence-electron chi connectivity index (χ4n) is 1.11. The molecule has 1 aromatic heterocycles. The fraction of sp³-hybridized carbons (Fsp3) is 0.667. The molecule has 80 valence electrons. The third-order valence-corrected chi connectivity index (χ3v) is 2.74. The summed E-state index contributed by atoms with van der Waals surface area (Å²) in [6.07, 6.45) is 1.85. The van der Waals surface area contributed by atoms with Crippen molar-refractivity contribution in [3.05, 3.63) is 11.1 Å². The van der Waals surface area contributed by atoms with Crippen LogP contribution in [0.3, 0.4) is 0 Å². The number of likely N-dealkylation sites (N-methyl/N-ethyl adjacent to an activating group) is 2. The van der Waals surface area contributed by atoms with E-state index in [0.717, 1.165) is 19.6 Å². The highest BCUT2D eigenvalue weighted by molar-refractivity contribution is 7.15. The number of nitrogens with two attached hydrogens (primary N) is 1. The van der Waals surface area contributed by atoms with Crippen molar-refractivity contribution in [1.82, 2.24) is 14.8 Å². The van der Waals surface area contributed by atoms with Gasteiger partial charge in [0.2, 0.25) is 0 Å². The van der Waals surface area contributed by atoms with Crippen molar-refractivity contribution in [2.24, 2.45) is 0 Å². The smallest absolute Gasteiger partial charge is 0.180 e. The van der Waals surface area contributed by atoms with E-state index in [9.17, 15) is 0 Å². The van der Waals surface area contributed by atoms with E-state index in [2.05, 4.69) is 35.9 Å². The van der Waals surface area contributed by atoms with Gasteiger partial charge in [0.05, 0.1) is 0 Å². The highest BCUT2D eigenvalue weighted by atomic mass is 32.1. The van der Waals surface area contributed by atoms with Crippen LogP contribution in [0.15, 0.2) is 6.20 Å². The number of nitrogens with zero attached hydrogens (tertiary/aromatic N) is 3. The van der Waals surface area contributed by atoms with Crippen LogP contribution in [0.25, 0.3) is 0 Å². The van der Waals surface area contributed by atoms with Gasteiger partial charge in [0.15, 0.2) is 5.13 Å². The molecule has 0 aliphatic heterocycles. The summed E-state index contributed by atoms with van der Waals surface area (Å²) in [5.41, 5.74) is 5.56. The van der Waals surface area contributed by atoms with Gasteiger partial charge in [-0.3, -0.25) is 4.90 Å². The summed E-state index contributed by atoms with van der Waals surface area (Å²) in [4.78, 5) is 9.70. The van der Waals surface area contributed by atoms with Crippen LogP contribution in [0.2, 0.25) is 0 Å². The van der Waals surface area contributed by atoms with Crippen LogP contribution in [0.1, 0.15) is 4.88 Å². The first-order chi connectivity index (χ1) is 6.58. The monoisotopic (exact) mass is 214 g/mol. The summed E-state index contributed by atoms with van der Waals surface area (Å²) in [5, 5.41) is 0.654. The second-order valence-corrected chi connectivity index (χ2v) is 4.85. The number of rotatable bonds is 5. The fourth-order valence-corrected chi connectivity index (χ4v) is 1.88. The third kappa shape index (κ3) is 4.04. The standard InChI is InChI=1S/C9H18N4S/c1-12(2)4-5-13(3)7-8-6-11-9(10)14-8/h6H,4-5,7H2,1-3H3,(H2,10,11). The average molecular weight is 214 g/mol. The van der Waals surface area contributed by atoms with Crippen molar-refractivity contribution in [3.8, 4) is 0 Å². The topological polar surface area (TPSA) is 45.4 Å². The summed E-state index contributed by atoms with van der Waals surface area (Å²) in [6.45, 7) is 3.07. The van der Waals surface area contributed by atoms with E-state index in [1.54, 1.807) is 11.3 Å². The minimum absolute atomic E-state index is 0.654. The summed E-state index contributed by atoms with van der Waals surface area (Å²) in [5.74, 6) is 0. The second kappa shape index (κ2) is 5.29. The van der Waals surface area contributed by atoms with Gasteiger partial charge in [-0.2, -0.15) is 0 Å². The molecule has 0 bridgehead atoms. The summed E-state index contributed by atoms with van der Waals surface area (Å²) < 4.78 is 0. The van der Waals surface area contributed by atoms with Gasteiger partial charge in [-0.05, 0) is 21.1 Å². The van der Waals surface area contributed by atoms with Crippen molar-refractivity contribution in [2.75, 3.05) is 40.0 Å². The largest absolute Gasteiger partial charge is 0.375 e. The first-order valence-corrected chi connectivity index (χ1v) is 5.43. The Morgan fingerprint density at radius 3 is 2.57 bits per heavy atom. The van der Waals surface area contributed by atoms with E-state index in [1.807, 2.05) is 6.20 Å². The van der Waals surface area contributed by atoms with Crippen molar-refractivity contribution < 1.29 is 0 Å². The Bertz CT molecular complexity index is 272. The molecule has 2 N–H and O–H groups in total. The van der Waals surface area contributed by atoms with Crippen LogP contribution in [0.4, 0.5) is 5.13 Å². The average Bonchev–Trinajstić information content (AvgIpc) is 2.48. The van der Waals surface area contributed by atoms with Crippen molar-refractivity contribution >= 4 is 16.5 Å². The highest BCUT2D eigenvalue weighted by Crippen LogP contribution is 2.15. The molecule has 0 amide bonds. The Balaban J connectivity index is 2.30. The van der Waals surface area contributed by atoms with E-state index in [1.165, 1.54) is 4.88 Å². The zero-order chi connectivity index (χ0) is 10.6. The minimum Gasteiger partial charge on any atom is -0.375 e. The molecule has 0 aliphatic rings. The molecular weight excluding hydrogens is 196 g/mol. The van der Waals surface area contributed by atoms with Gasteiger partial charge < -0.3 is 10.6 Å². The van der Waals surface area contributed by atoms with Gasteiger partial charge in [0.1, 0.15) is 0 Å². The van der Waals surface area contributed by atoms with Crippen molar-refractivity contribution in [1.29, 1.82) is 0 Å². The van der Waals surface area contributed by atoms with Crippen LogP contribution in [0.5, 0.6) is 0 Å². The Morgan fingerprint density at radius 2 is 2.07 bits per heavy atom. The molecule has 0 aromatic carbocycles. The van der Waals surface area contributed by atoms with Crippen molar-refractivity contribution in [3.63, 3.8) is 0 Å². The van der Waals surface area contributed by atoms with Crippen LogP contribution >= 0.6 is 11.3 Å². The van der Waals surface area contributed by atoms with E-state index in [-0.39, 0.29) is 0 Å². The lowest BCUT2D eigenvalue weighted by Gasteiger charge is -2.18. The molecule has 0 unspecified atom stereocenters. The molecule has 1 aromatic rings. The molecule has 0 saturated heterocycles. The molecule has 0 radical (unpaired) electrons. The maximum atomic E-state index is 5.56. The minimum atomic E-state index is 0.654. The van der Waals surface area contributed by atoms with Crippen molar-refractivity contribution in [2.45, 2.75) is 6.54 Å². The molecular formula is C9H18N4S. The first kappa shape index (κ1) is 11.4. The lowest BCUT2D eigenvalue weighted by atomic mass is 10.4. The number of hydrogen-bond donors (Lipinski definition) is 1. The van der Waals surface area contributed by atoms with Gasteiger partial charge in [0.25, 0.3) is 0 Å². The van der Waals surface area contributed by atoms with Crippen LogP contribution in [-0.4, -0.2) is 49.0 Å². The number of hydrogen-bond acceptors (Lipinski definition) is 5. The van der Waals surface area contributed by atoms with Crippen LogP contribution in [-0.2, 0) is 6.54 Å². The molecule has 0 saturated carbocycles. The third-order valence-electron chi connectivity index (χ3n) is 1.93. The van der Waals surface area contributed by atoms with Gasteiger partial charge in [-0.15, -0.1) is 11.3 Å². The molecule has 4 nitrogen and oxygen atoms in total. The second-order valence-electron chi connectivity index (χ2n) is 3.71. The SMILES string of the molecule is CN(C)CCN(C)Cc1cnc(N)s1. The van der Waals surface area contributed by atoms with E-state index in [0.29, 0.717) is 5.13 Å². The molecule has 0 aliphatic carbocycles. The van der Waals surface area contributed by atoms with E-state index < -0.39 is 0 Å². The number of nitrogen functional groups attached to an aromatic ring is 1. The molecule has 0 fully saturated rings. The maximum Gasteiger partial charge on any atom is 0.180 e. The normalized spacial score (nSPS) is 11.5. The van der Waals surface area contributed by atoms with Crippen LogP contribution in [0, 0.1) is 0 Å². The molecule has 1 rings (SSSR count). The molecule has 1 heterocycles. The highest BCUT2D eigenvalue weighted by Gasteiger charge is 2.03. The lowest BCUT2D eigenvalue weighted by molar-refractivity contribution is 0.278. The molecule has 14 heavy (non-hydrogen) atoms. The predicted molar refractivity (Wildman–Crippen MR) is 61.4 cm³/mol. The molecule has 0 spiro atoms. The van der Waals surface area contributed by atoms with Gasteiger partial charge >= 0.3 is 0 Å². The van der Waals surface area contributed by atoms with Gasteiger partial charge in [-0.1, -0.05) is 0 Å². The lowest BCUT2D eigenvalue weighted by Crippen LogP contribution is -2.28. The molecule has 5 heteroatoms. The predicted octanol–water partition coefficient (Wildman–Crippen LogP) is 0.719. The maximum absolute atomic E-state index is 5.56. The zero-order valence-electron chi connectivity index (χ0n) is 9.03. The van der Waals surface area contributed by atoms with Gasteiger partial charge in [-0.25, -0.2) is 4.98 Å². The first-order valence-electron chi connectivity index (χ1n) is 4.61. The molecule has 0 atom stereocenters. The van der Waals surface area contributed by atoms with E-state index in [4.69, 9.17) is 5.73 Å². The number of aromatic nitrogens is 1. The van der Waals surface area contributed by atoms with Crippen LogP contribution < -0.4 is 5.73 Å². The zero-order valence-corrected chi connectivity index (χ0v) is 9.84. The number of thiazole rings is 1. The van der Waals surface area contributed by atoms with Gasteiger partial charge in [0, 0.05) is 30.7 Å². The Labute approximate surface area is 89.3 Å². The Morgan fingerprint density at radius 1 is 1.36 bits per heavy atom. The number of anilines is 1. The summed E-state index contributed by atoms with van der Waals surface area (Å²) in [7, 11) is 6.27. The Hall–Kier alpha value is -0.650. The van der Waals surface area contributed by atoms with E-state index >= 15 is 0 Å². The Kier molecular flexibility index (Phi) is 4.31.